The normalized spacial score (nSPS) is 23.6. The van der Waals surface area contributed by atoms with E-state index in [9.17, 15) is 4.79 Å². The fourth-order valence-corrected chi connectivity index (χ4v) is 1.52. The third kappa shape index (κ3) is 3.19. The van der Waals surface area contributed by atoms with Gasteiger partial charge in [-0.2, -0.15) is 0 Å². The van der Waals surface area contributed by atoms with E-state index >= 15 is 0 Å². The van der Waals surface area contributed by atoms with Gasteiger partial charge in [0, 0.05) is 6.42 Å². The Bertz CT molecular complexity index is 144. The number of hydroxylamine groups is 1. The fraction of sp³-hybridized carbons (Fsp3) is 0.875. The topological polar surface area (TPSA) is 50.4 Å². The van der Waals surface area contributed by atoms with Crippen LogP contribution in [-0.2, 0) is 9.63 Å². The maximum absolute atomic E-state index is 11.0. The minimum Gasteiger partial charge on any atom is -0.316 e. The van der Waals surface area contributed by atoms with Gasteiger partial charge in [-0.3, -0.25) is 9.63 Å². The standard InChI is InChI=1S/C8H16N2O2/c1-12-10-8(11)5-7-3-2-4-9-6-7/h7,9H,2-6H2,1H3,(H,10,11). The molecule has 0 aromatic carbocycles. The molecule has 1 aliphatic rings. The molecule has 1 aliphatic heterocycles. The van der Waals surface area contributed by atoms with Crippen LogP contribution in [0.3, 0.4) is 0 Å². The first-order chi connectivity index (χ1) is 5.83. The molecule has 1 amide bonds. The Hall–Kier alpha value is -0.610. The number of amides is 1. The maximum atomic E-state index is 11.0. The fourth-order valence-electron chi connectivity index (χ4n) is 1.52. The summed E-state index contributed by atoms with van der Waals surface area (Å²) in [4.78, 5) is 15.6. The minimum atomic E-state index is -0.0220. The third-order valence-corrected chi connectivity index (χ3v) is 2.09. The van der Waals surface area contributed by atoms with Gasteiger partial charge in [-0.15, -0.1) is 0 Å². The van der Waals surface area contributed by atoms with E-state index in [0.29, 0.717) is 12.3 Å². The lowest BCUT2D eigenvalue weighted by Gasteiger charge is -2.21. The van der Waals surface area contributed by atoms with Crippen molar-refractivity contribution in [2.24, 2.45) is 5.92 Å². The predicted molar refractivity (Wildman–Crippen MR) is 45.4 cm³/mol. The maximum Gasteiger partial charge on any atom is 0.243 e. The Morgan fingerprint density at radius 1 is 1.75 bits per heavy atom. The monoisotopic (exact) mass is 172 g/mol. The van der Waals surface area contributed by atoms with E-state index in [2.05, 4.69) is 15.6 Å². The highest BCUT2D eigenvalue weighted by Gasteiger charge is 2.16. The molecule has 4 heteroatoms. The molecule has 0 radical (unpaired) electrons. The van der Waals surface area contributed by atoms with E-state index in [1.165, 1.54) is 13.5 Å². The molecule has 70 valence electrons. The van der Waals surface area contributed by atoms with Crippen LogP contribution in [0, 0.1) is 5.92 Å². The van der Waals surface area contributed by atoms with Crippen molar-refractivity contribution in [2.75, 3.05) is 20.2 Å². The molecule has 0 aromatic rings. The quantitative estimate of drug-likeness (QED) is 0.592. The molecule has 0 bridgehead atoms. The van der Waals surface area contributed by atoms with Crippen molar-refractivity contribution in [2.45, 2.75) is 19.3 Å². The number of hydrogen-bond donors (Lipinski definition) is 2. The molecule has 0 saturated carbocycles. The van der Waals surface area contributed by atoms with Crippen LogP contribution in [0.4, 0.5) is 0 Å². The van der Waals surface area contributed by atoms with E-state index in [0.717, 1.165) is 19.5 Å². The van der Waals surface area contributed by atoms with Crippen molar-refractivity contribution >= 4 is 5.91 Å². The van der Waals surface area contributed by atoms with E-state index in [1.807, 2.05) is 0 Å². The van der Waals surface area contributed by atoms with Gasteiger partial charge in [-0.1, -0.05) is 0 Å². The lowest BCUT2D eigenvalue weighted by atomic mass is 9.96. The summed E-state index contributed by atoms with van der Waals surface area (Å²) in [6.07, 6.45) is 2.88. The van der Waals surface area contributed by atoms with E-state index in [-0.39, 0.29) is 5.91 Å². The van der Waals surface area contributed by atoms with Crippen molar-refractivity contribution in [3.05, 3.63) is 0 Å². The summed E-state index contributed by atoms with van der Waals surface area (Å²) in [6.45, 7) is 2.04. The first-order valence-corrected chi connectivity index (χ1v) is 4.35. The summed E-state index contributed by atoms with van der Waals surface area (Å²) >= 11 is 0. The van der Waals surface area contributed by atoms with Crippen LogP contribution >= 0.6 is 0 Å². The number of carbonyl (C=O) groups excluding carboxylic acids is 1. The Morgan fingerprint density at radius 2 is 2.58 bits per heavy atom. The van der Waals surface area contributed by atoms with Crippen molar-refractivity contribution in [1.29, 1.82) is 0 Å². The lowest BCUT2D eigenvalue weighted by molar-refractivity contribution is -0.132. The molecule has 1 fully saturated rings. The lowest BCUT2D eigenvalue weighted by Crippen LogP contribution is -2.33. The summed E-state index contributed by atoms with van der Waals surface area (Å²) in [7, 11) is 1.46. The zero-order valence-electron chi connectivity index (χ0n) is 7.43. The summed E-state index contributed by atoms with van der Waals surface area (Å²) in [5, 5.41) is 3.26. The molecular weight excluding hydrogens is 156 g/mol. The number of piperidine rings is 1. The van der Waals surface area contributed by atoms with Gasteiger partial charge >= 0.3 is 0 Å². The average Bonchev–Trinajstić information content (AvgIpc) is 2.06. The third-order valence-electron chi connectivity index (χ3n) is 2.09. The van der Waals surface area contributed by atoms with Crippen molar-refractivity contribution < 1.29 is 9.63 Å². The van der Waals surface area contributed by atoms with Gasteiger partial charge in [0.1, 0.15) is 0 Å². The van der Waals surface area contributed by atoms with Gasteiger partial charge in [0.05, 0.1) is 7.11 Å². The van der Waals surface area contributed by atoms with Gasteiger partial charge in [0.2, 0.25) is 5.91 Å². The van der Waals surface area contributed by atoms with Crippen LogP contribution in [0.25, 0.3) is 0 Å². The Labute approximate surface area is 72.6 Å². The van der Waals surface area contributed by atoms with Crippen LogP contribution in [0.1, 0.15) is 19.3 Å². The first-order valence-electron chi connectivity index (χ1n) is 4.35. The average molecular weight is 172 g/mol. The highest BCUT2D eigenvalue weighted by Crippen LogP contribution is 2.13. The van der Waals surface area contributed by atoms with Gasteiger partial charge in [0.15, 0.2) is 0 Å². The summed E-state index contributed by atoms with van der Waals surface area (Å²) in [5.74, 6) is 0.458. The number of nitrogens with one attached hydrogen (secondary N) is 2. The molecule has 4 nitrogen and oxygen atoms in total. The van der Waals surface area contributed by atoms with Crippen molar-refractivity contribution in [1.82, 2.24) is 10.8 Å². The van der Waals surface area contributed by atoms with Crippen LogP contribution < -0.4 is 10.8 Å². The highest BCUT2D eigenvalue weighted by atomic mass is 16.6. The van der Waals surface area contributed by atoms with E-state index in [1.54, 1.807) is 0 Å². The SMILES string of the molecule is CONC(=O)CC1CCCNC1. The summed E-state index contributed by atoms with van der Waals surface area (Å²) < 4.78 is 0. The molecular formula is C8H16N2O2. The number of hydrogen-bond acceptors (Lipinski definition) is 3. The van der Waals surface area contributed by atoms with Gasteiger partial charge < -0.3 is 5.32 Å². The second kappa shape index (κ2) is 5.11. The molecule has 0 aliphatic carbocycles. The second-order valence-electron chi connectivity index (χ2n) is 3.15. The molecule has 1 heterocycles. The van der Waals surface area contributed by atoms with Crippen LogP contribution in [0.2, 0.25) is 0 Å². The minimum absolute atomic E-state index is 0.0220. The molecule has 1 saturated heterocycles. The molecule has 1 rings (SSSR count). The van der Waals surface area contributed by atoms with Crippen molar-refractivity contribution in [3.8, 4) is 0 Å². The largest absolute Gasteiger partial charge is 0.316 e. The molecule has 0 spiro atoms. The smallest absolute Gasteiger partial charge is 0.243 e. The Morgan fingerprint density at radius 3 is 3.17 bits per heavy atom. The van der Waals surface area contributed by atoms with Crippen LogP contribution in [-0.4, -0.2) is 26.1 Å². The van der Waals surface area contributed by atoms with E-state index < -0.39 is 0 Å². The van der Waals surface area contributed by atoms with Gasteiger partial charge in [0.25, 0.3) is 0 Å². The van der Waals surface area contributed by atoms with Gasteiger partial charge in [-0.25, -0.2) is 5.48 Å². The zero-order valence-corrected chi connectivity index (χ0v) is 7.43. The second-order valence-corrected chi connectivity index (χ2v) is 3.15. The number of rotatable bonds is 3. The molecule has 12 heavy (non-hydrogen) atoms. The molecule has 0 aromatic heterocycles. The predicted octanol–water partition coefficient (Wildman–Crippen LogP) is 0.0537. The van der Waals surface area contributed by atoms with Gasteiger partial charge in [-0.05, 0) is 31.8 Å². The first kappa shape index (κ1) is 9.48. The number of carbonyl (C=O) groups is 1. The highest BCUT2D eigenvalue weighted by molar-refractivity contribution is 5.75. The molecule has 1 unspecified atom stereocenters. The van der Waals surface area contributed by atoms with Crippen LogP contribution in [0.15, 0.2) is 0 Å². The summed E-state index contributed by atoms with van der Waals surface area (Å²) in [6, 6.07) is 0. The Balaban J connectivity index is 2.15. The summed E-state index contributed by atoms with van der Waals surface area (Å²) in [5.41, 5.74) is 2.33. The molecule has 2 N–H and O–H groups in total. The Kier molecular flexibility index (Phi) is 4.04. The van der Waals surface area contributed by atoms with Crippen molar-refractivity contribution in [3.63, 3.8) is 0 Å². The van der Waals surface area contributed by atoms with Crippen LogP contribution in [0.5, 0.6) is 0 Å². The van der Waals surface area contributed by atoms with E-state index in [4.69, 9.17) is 0 Å². The molecule has 1 atom stereocenters. The zero-order chi connectivity index (χ0) is 8.81.